The van der Waals surface area contributed by atoms with E-state index in [4.69, 9.17) is 10.3 Å². The molecule has 0 saturated carbocycles. The molecular weight excluding hydrogens is 220 g/mol. The van der Waals surface area contributed by atoms with Gasteiger partial charge in [0.15, 0.2) is 0 Å². The van der Waals surface area contributed by atoms with Gasteiger partial charge in [-0.15, -0.1) is 0 Å². The zero-order valence-corrected chi connectivity index (χ0v) is 9.47. The first-order chi connectivity index (χ1) is 8.24. The number of unbranched alkanes of at least 4 members (excludes halogenated alkanes) is 1. The zero-order valence-electron chi connectivity index (χ0n) is 9.47. The Labute approximate surface area is 99.8 Å². The summed E-state index contributed by atoms with van der Waals surface area (Å²) < 4.78 is 0. The SMILES string of the molecule is O=C(O)NCCCCC(=NO)c1ccccc1. The van der Waals surface area contributed by atoms with Gasteiger partial charge in [-0.25, -0.2) is 4.79 Å². The van der Waals surface area contributed by atoms with Crippen LogP contribution in [0.3, 0.4) is 0 Å². The molecule has 1 amide bonds. The summed E-state index contributed by atoms with van der Waals surface area (Å²) >= 11 is 0. The molecule has 0 saturated heterocycles. The quantitative estimate of drug-likeness (QED) is 0.307. The first-order valence-corrected chi connectivity index (χ1v) is 5.47. The van der Waals surface area contributed by atoms with Gasteiger partial charge in [-0.1, -0.05) is 35.5 Å². The number of benzene rings is 1. The summed E-state index contributed by atoms with van der Waals surface area (Å²) in [5, 5.41) is 22.8. The minimum Gasteiger partial charge on any atom is -0.465 e. The van der Waals surface area contributed by atoms with Gasteiger partial charge in [0.2, 0.25) is 0 Å². The summed E-state index contributed by atoms with van der Waals surface area (Å²) in [6.07, 6.45) is 1.11. The van der Waals surface area contributed by atoms with Crippen LogP contribution in [-0.4, -0.2) is 28.7 Å². The van der Waals surface area contributed by atoms with Gasteiger partial charge < -0.3 is 15.6 Å². The predicted octanol–water partition coefficient (Wildman–Crippen LogP) is 2.30. The molecule has 1 aromatic rings. The van der Waals surface area contributed by atoms with E-state index in [-0.39, 0.29) is 0 Å². The largest absolute Gasteiger partial charge is 0.465 e. The van der Waals surface area contributed by atoms with Gasteiger partial charge in [-0.3, -0.25) is 0 Å². The number of hydrogen-bond donors (Lipinski definition) is 3. The normalized spacial score (nSPS) is 11.2. The van der Waals surface area contributed by atoms with Crippen molar-refractivity contribution >= 4 is 11.8 Å². The van der Waals surface area contributed by atoms with Crippen LogP contribution in [0.5, 0.6) is 0 Å². The van der Waals surface area contributed by atoms with E-state index in [1.165, 1.54) is 0 Å². The summed E-state index contributed by atoms with van der Waals surface area (Å²) in [5.41, 5.74) is 1.52. The molecule has 0 aliphatic rings. The first kappa shape index (κ1) is 13.0. The molecule has 17 heavy (non-hydrogen) atoms. The number of oxime groups is 1. The topological polar surface area (TPSA) is 81.9 Å². The Balaban J connectivity index is 2.32. The minimum absolute atomic E-state index is 0.419. The average molecular weight is 236 g/mol. The third kappa shape index (κ3) is 5.01. The highest BCUT2D eigenvalue weighted by Crippen LogP contribution is 2.07. The number of nitrogens with one attached hydrogen (secondary N) is 1. The minimum atomic E-state index is -1.01. The van der Waals surface area contributed by atoms with Crippen molar-refractivity contribution in [3.05, 3.63) is 35.9 Å². The maximum Gasteiger partial charge on any atom is 0.404 e. The second-order valence-electron chi connectivity index (χ2n) is 3.60. The van der Waals surface area contributed by atoms with E-state index in [2.05, 4.69) is 10.5 Å². The van der Waals surface area contributed by atoms with Crippen molar-refractivity contribution in [3.8, 4) is 0 Å². The molecular formula is C12H16N2O3. The van der Waals surface area contributed by atoms with Crippen molar-refractivity contribution in [1.82, 2.24) is 5.32 Å². The van der Waals surface area contributed by atoms with Gasteiger partial charge >= 0.3 is 6.09 Å². The molecule has 0 atom stereocenters. The van der Waals surface area contributed by atoms with E-state index < -0.39 is 6.09 Å². The standard InChI is InChI=1S/C12H16N2O3/c15-12(16)13-9-5-4-8-11(14-17)10-6-2-1-3-7-10/h1-3,6-7,13,17H,4-5,8-9H2,(H,15,16). The van der Waals surface area contributed by atoms with Crippen molar-refractivity contribution in [2.75, 3.05) is 6.54 Å². The number of rotatable bonds is 6. The smallest absolute Gasteiger partial charge is 0.404 e. The van der Waals surface area contributed by atoms with Gasteiger partial charge in [-0.05, 0) is 24.8 Å². The van der Waals surface area contributed by atoms with Crippen molar-refractivity contribution in [2.45, 2.75) is 19.3 Å². The molecule has 5 heteroatoms. The molecule has 0 aromatic heterocycles. The van der Waals surface area contributed by atoms with E-state index in [9.17, 15) is 4.79 Å². The summed E-state index contributed by atoms with van der Waals surface area (Å²) in [7, 11) is 0. The zero-order chi connectivity index (χ0) is 12.5. The molecule has 0 unspecified atom stereocenters. The van der Waals surface area contributed by atoms with Crippen LogP contribution in [0.25, 0.3) is 0 Å². The third-order valence-electron chi connectivity index (χ3n) is 2.34. The van der Waals surface area contributed by atoms with Crippen LogP contribution >= 0.6 is 0 Å². The number of hydrogen-bond acceptors (Lipinski definition) is 3. The fourth-order valence-electron chi connectivity index (χ4n) is 1.50. The molecule has 1 rings (SSSR count). The van der Waals surface area contributed by atoms with Gasteiger partial charge in [0.25, 0.3) is 0 Å². The second-order valence-corrected chi connectivity index (χ2v) is 3.60. The van der Waals surface area contributed by atoms with E-state index in [0.717, 1.165) is 18.4 Å². The van der Waals surface area contributed by atoms with Crippen LogP contribution in [-0.2, 0) is 0 Å². The van der Waals surface area contributed by atoms with E-state index in [0.29, 0.717) is 18.7 Å². The lowest BCUT2D eigenvalue weighted by Crippen LogP contribution is -2.21. The maximum absolute atomic E-state index is 10.2. The molecule has 3 N–H and O–H groups in total. The molecule has 0 spiro atoms. The van der Waals surface area contributed by atoms with Crippen LogP contribution in [0.15, 0.2) is 35.5 Å². The third-order valence-corrected chi connectivity index (χ3v) is 2.34. The molecule has 0 radical (unpaired) electrons. The first-order valence-electron chi connectivity index (χ1n) is 5.47. The highest BCUT2D eigenvalue weighted by molar-refractivity contribution is 6.00. The predicted molar refractivity (Wildman–Crippen MR) is 64.6 cm³/mol. The van der Waals surface area contributed by atoms with Crippen molar-refractivity contribution < 1.29 is 15.1 Å². The van der Waals surface area contributed by atoms with Gasteiger partial charge in [0.1, 0.15) is 0 Å². The molecule has 0 fully saturated rings. The Kier molecular flexibility index (Phi) is 5.57. The van der Waals surface area contributed by atoms with Crippen LogP contribution in [0.2, 0.25) is 0 Å². The average Bonchev–Trinajstić information content (AvgIpc) is 2.34. The number of carboxylic acid groups (broad SMARTS) is 1. The number of amides is 1. The Bertz CT molecular complexity index is 377. The van der Waals surface area contributed by atoms with E-state index in [1.807, 2.05) is 30.3 Å². The number of nitrogens with zero attached hydrogens (tertiary/aromatic N) is 1. The molecule has 92 valence electrons. The van der Waals surface area contributed by atoms with E-state index in [1.54, 1.807) is 0 Å². The molecule has 0 heterocycles. The summed E-state index contributed by atoms with van der Waals surface area (Å²) in [4.78, 5) is 10.2. The molecule has 0 bridgehead atoms. The fraction of sp³-hybridized carbons (Fsp3) is 0.333. The van der Waals surface area contributed by atoms with Crippen molar-refractivity contribution in [2.24, 2.45) is 5.16 Å². The van der Waals surface area contributed by atoms with Crippen LogP contribution in [0.4, 0.5) is 4.79 Å². The Morgan fingerprint density at radius 1 is 1.24 bits per heavy atom. The summed E-state index contributed by atoms with van der Waals surface area (Å²) in [6, 6.07) is 9.42. The Hall–Kier alpha value is -2.04. The second kappa shape index (κ2) is 7.27. The molecule has 1 aromatic carbocycles. The summed E-state index contributed by atoms with van der Waals surface area (Å²) in [6.45, 7) is 0.419. The molecule has 0 aliphatic heterocycles. The lowest BCUT2D eigenvalue weighted by Gasteiger charge is -2.04. The van der Waals surface area contributed by atoms with Gasteiger partial charge in [0, 0.05) is 6.54 Å². The van der Waals surface area contributed by atoms with Crippen molar-refractivity contribution in [3.63, 3.8) is 0 Å². The fourth-order valence-corrected chi connectivity index (χ4v) is 1.50. The van der Waals surface area contributed by atoms with E-state index >= 15 is 0 Å². The highest BCUT2D eigenvalue weighted by Gasteiger charge is 2.03. The molecule has 5 nitrogen and oxygen atoms in total. The number of carbonyl (C=O) groups is 1. The van der Waals surface area contributed by atoms with Crippen LogP contribution < -0.4 is 5.32 Å². The van der Waals surface area contributed by atoms with Crippen LogP contribution in [0.1, 0.15) is 24.8 Å². The highest BCUT2D eigenvalue weighted by atomic mass is 16.4. The molecule has 0 aliphatic carbocycles. The maximum atomic E-state index is 10.2. The monoisotopic (exact) mass is 236 g/mol. The lowest BCUT2D eigenvalue weighted by molar-refractivity contribution is 0.194. The Morgan fingerprint density at radius 2 is 1.94 bits per heavy atom. The van der Waals surface area contributed by atoms with Gasteiger partial charge in [-0.2, -0.15) is 0 Å². The lowest BCUT2D eigenvalue weighted by atomic mass is 10.0. The summed E-state index contributed by atoms with van der Waals surface area (Å²) in [5.74, 6) is 0. The van der Waals surface area contributed by atoms with Crippen molar-refractivity contribution in [1.29, 1.82) is 0 Å². The van der Waals surface area contributed by atoms with Crippen LogP contribution in [0, 0.1) is 0 Å². The van der Waals surface area contributed by atoms with Gasteiger partial charge in [0.05, 0.1) is 5.71 Å². The Morgan fingerprint density at radius 3 is 2.53 bits per heavy atom.